The van der Waals surface area contributed by atoms with Gasteiger partial charge in [0.1, 0.15) is 5.82 Å². The second kappa shape index (κ2) is 8.20. The summed E-state index contributed by atoms with van der Waals surface area (Å²) in [4.78, 5) is 41.0. The summed E-state index contributed by atoms with van der Waals surface area (Å²) in [6, 6.07) is 19.2. The Labute approximate surface area is 180 Å². The van der Waals surface area contributed by atoms with Crippen LogP contribution in [0.3, 0.4) is 0 Å². The highest BCUT2D eigenvalue weighted by molar-refractivity contribution is 9.10. The molecule has 0 aliphatic carbocycles. The second-order valence-corrected chi connectivity index (χ2v) is 7.58. The van der Waals surface area contributed by atoms with Gasteiger partial charge in [0, 0.05) is 23.2 Å². The number of carbonyl (C=O) groups is 3. The molecular formula is C23H16BrFN2O3. The van der Waals surface area contributed by atoms with Crippen molar-refractivity contribution in [2.24, 2.45) is 0 Å². The molecule has 1 aliphatic heterocycles. The zero-order valence-electron chi connectivity index (χ0n) is 15.7. The molecule has 3 aromatic carbocycles. The minimum absolute atomic E-state index is 0.0148. The molecular weight excluding hydrogens is 451 g/mol. The molecule has 0 spiro atoms. The molecule has 1 aliphatic rings. The topological polar surface area (TPSA) is 57.7 Å². The van der Waals surface area contributed by atoms with Crippen LogP contribution in [0, 0.1) is 5.82 Å². The van der Waals surface area contributed by atoms with E-state index in [1.54, 1.807) is 54.6 Å². The summed E-state index contributed by atoms with van der Waals surface area (Å²) in [6.45, 7) is 0.00808. The summed E-state index contributed by atoms with van der Waals surface area (Å²) in [7, 11) is 0. The molecule has 4 rings (SSSR count). The highest BCUT2D eigenvalue weighted by Crippen LogP contribution is 2.25. The number of benzene rings is 3. The minimum atomic E-state index is -0.488. The van der Waals surface area contributed by atoms with E-state index in [0.29, 0.717) is 26.9 Å². The van der Waals surface area contributed by atoms with Crippen LogP contribution < -0.4 is 4.90 Å². The Hall–Kier alpha value is -3.32. The van der Waals surface area contributed by atoms with Crippen molar-refractivity contribution in [3.63, 3.8) is 0 Å². The van der Waals surface area contributed by atoms with Crippen LogP contribution in [0.25, 0.3) is 0 Å². The Kier molecular flexibility index (Phi) is 5.46. The molecule has 1 heterocycles. The summed E-state index contributed by atoms with van der Waals surface area (Å²) >= 11 is 3.37. The fourth-order valence-electron chi connectivity index (χ4n) is 3.41. The van der Waals surface area contributed by atoms with Crippen LogP contribution in [-0.4, -0.2) is 35.7 Å². The van der Waals surface area contributed by atoms with Crippen molar-refractivity contribution in [1.29, 1.82) is 0 Å². The van der Waals surface area contributed by atoms with E-state index in [1.165, 1.54) is 23.1 Å². The molecule has 5 nitrogen and oxygen atoms in total. The summed E-state index contributed by atoms with van der Waals surface area (Å²) in [5.74, 6) is -1.66. The number of anilines is 1. The fraction of sp³-hybridized carbons (Fsp3) is 0.0870. The molecule has 150 valence electrons. The predicted octanol–water partition coefficient (Wildman–Crippen LogP) is 4.53. The van der Waals surface area contributed by atoms with E-state index in [-0.39, 0.29) is 19.0 Å². The number of imide groups is 1. The van der Waals surface area contributed by atoms with Crippen molar-refractivity contribution in [3.05, 3.63) is 99.8 Å². The number of hydrogen-bond acceptors (Lipinski definition) is 3. The number of hydrogen-bond donors (Lipinski definition) is 0. The molecule has 7 heteroatoms. The standard InChI is InChI=1S/C23H16BrFN2O3/c24-20-11-4-3-10-19(20)23(30)26(16-7-5-6-15(25)14-16)12-13-27-21(28)17-8-1-2-9-18(17)22(27)29/h1-11,14H,12-13H2. The molecule has 0 saturated heterocycles. The Morgan fingerprint density at radius 3 is 2.17 bits per heavy atom. The van der Waals surface area contributed by atoms with Crippen LogP contribution in [0.2, 0.25) is 0 Å². The molecule has 0 bridgehead atoms. The molecule has 0 unspecified atom stereocenters. The molecule has 0 aromatic heterocycles. The Morgan fingerprint density at radius 2 is 1.53 bits per heavy atom. The Bertz CT molecular complexity index is 1130. The maximum absolute atomic E-state index is 13.9. The van der Waals surface area contributed by atoms with Crippen LogP contribution in [0.1, 0.15) is 31.1 Å². The first-order valence-electron chi connectivity index (χ1n) is 9.24. The van der Waals surface area contributed by atoms with Gasteiger partial charge in [-0.2, -0.15) is 0 Å². The summed E-state index contributed by atoms with van der Waals surface area (Å²) < 4.78 is 14.4. The zero-order valence-corrected chi connectivity index (χ0v) is 17.3. The van der Waals surface area contributed by atoms with Gasteiger partial charge in [0.15, 0.2) is 0 Å². The lowest BCUT2D eigenvalue weighted by atomic mass is 10.1. The third kappa shape index (κ3) is 3.64. The monoisotopic (exact) mass is 466 g/mol. The lowest BCUT2D eigenvalue weighted by Crippen LogP contribution is -2.41. The number of rotatable bonds is 5. The summed E-state index contributed by atoms with van der Waals surface area (Å²) in [5, 5.41) is 0. The quantitative estimate of drug-likeness (QED) is 0.519. The molecule has 0 saturated carbocycles. The number of carbonyl (C=O) groups excluding carboxylic acids is 3. The molecule has 0 fully saturated rings. The van der Waals surface area contributed by atoms with E-state index < -0.39 is 17.6 Å². The highest BCUT2D eigenvalue weighted by Gasteiger charge is 2.35. The van der Waals surface area contributed by atoms with Gasteiger partial charge < -0.3 is 4.90 Å². The van der Waals surface area contributed by atoms with Gasteiger partial charge in [0.2, 0.25) is 0 Å². The van der Waals surface area contributed by atoms with Crippen molar-refractivity contribution in [2.45, 2.75) is 0 Å². The van der Waals surface area contributed by atoms with E-state index in [9.17, 15) is 18.8 Å². The summed E-state index contributed by atoms with van der Waals surface area (Å²) in [6.07, 6.45) is 0. The van der Waals surface area contributed by atoms with Gasteiger partial charge in [-0.3, -0.25) is 19.3 Å². The maximum Gasteiger partial charge on any atom is 0.261 e. The number of nitrogens with zero attached hydrogens (tertiary/aromatic N) is 2. The molecule has 0 atom stereocenters. The van der Waals surface area contributed by atoms with E-state index >= 15 is 0 Å². The number of halogens is 2. The molecule has 30 heavy (non-hydrogen) atoms. The Morgan fingerprint density at radius 1 is 0.900 bits per heavy atom. The van der Waals surface area contributed by atoms with Crippen LogP contribution in [0.4, 0.5) is 10.1 Å². The summed E-state index contributed by atoms with van der Waals surface area (Å²) in [5.41, 5.74) is 1.42. The first-order chi connectivity index (χ1) is 14.5. The van der Waals surface area contributed by atoms with Crippen molar-refractivity contribution in [3.8, 4) is 0 Å². The van der Waals surface area contributed by atoms with Crippen molar-refractivity contribution in [2.75, 3.05) is 18.0 Å². The lowest BCUT2D eigenvalue weighted by molar-refractivity contribution is 0.0654. The van der Waals surface area contributed by atoms with Crippen molar-refractivity contribution < 1.29 is 18.8 Å². The van der Waals surface area contributed by atoms with E-state index in [0.717, 1.165) is 4.90 Å². The second-order valence-electron chi connectivity index (χ2n) is 6.72. The molecule has 3 aromatic rings. The van der Waals surface area contributed by atoms with Crippen molar-refractivity contribution >= 4 is 39.3 Å². The van der Waals surface area contributed by atoms with Gasteiger partial charge >= 0.3 is 0 Å². The fourth-order valence-corrected chi connectivity index (χ4v) is 3.87. The first-order valence-corrected chi connectivity index (χ1v) is 10.0. The van der Waals surface area contributed by atoms with Gasteiger partial charge in [0.05, 0.1) is 16.7 Å². The molecule has 3 amide bonds. The smallest absolute Gasteiger partial charge is 0.261 e. The predicted molar refractivity (Wildman–Crippen MR) is 114 cm³/mol. The average Bonchev–Trinajstić information content (AvgIpc) is 2.99. The average molecular weight is 467 g/mol. The number of fused-ring (bicyclic) bond motifs is 1. The van der Waals surface area contributed by atoms with Crippen LogP contribution >= 0.6 is 15.9 Å². The highest BCUT2D eigenvalue weighted by atomic mass is 79.9. The largest absolute Gasteiger partial charge is 0.306 e. The van der Waals surface area contributed by atoms with E-state index in [1.807, 2.05) is 0 Å². The van der Waals surface area contributed by atoms with Crippen molar-refractivity contribution in [1.82, 2.24) is 4.90 Å². The first kappa shape index (κ1) is 20.0. The Balaban J connectivity index is 1.63. The van der Waals surface area contributed by atoms with E-state index in [2.05, 4.69) is 15.9 Å². The molecule has 0 N–H and O–H groups in total. The van der Waals surface area contributed by atoms with Crippen LogP contribution in [0.15, 0.2) is 77.3 Å². The minimum Gasteiger partial charge on any atom is -0.306 e. The van der Waals surface area contributed by atoms with Gasteiger partial charge in [-0.25, -0.2) is 4.39 Å². The van der Waals surface area contributed by atoms with Gasteiger partial charge in [-0.1, -0.05) is 30.3 Å². The maximum atomic E-state index is 13.9. The van der Waals surface area contributed by atoms with Gasteiger partial charge in [-0.15, -0.1) is 0 Å². The van der Waals surface area contributed by atoms with E-state index in [4.69, 9.17) is 0 Å². The normalized spacial score (nSPS) is 12.8. The lowest BCUT2D eigenvalue weighted by Gasteiger charge is -2.25. The molecule has 0 radical (unpaired) electrons. The third-order valence-electron chi connectivity index (χ3n) is 4.89. The zero-order chi connectivity index (χ0) is 21.3. The van der Waals surface area contributed by atoms with Gasteiger partial charge in [-0.05, 0) is 58.4 Å². The number of amides is 3. The SMILES string of the molecule is O=C1c2ccccc2C(=O)N1CCN(C(=O)c1ccccc1Br)c1cccc(F)c1. The third-order valence-corrected chi connectivity index (χ3v) is 5.59. The van der Waals surface area contributed by atoms with Gasteiger partial charge in [0.25, 0.3) is 17.7 Å². The van der Waals surface area contributed by atoms with Crippen LogP contribution in [0.5, 0.6) is 0 Å². The van der Waals surface area contributed by atoms with Crippen LogP contribution in [-0.2, 0) is 0 Å².